The Bertz CT molecular complexity index is 376. The lowest BCUT2D eigenvalue weighted by atomic mass is 9.83. The van der Waals surface area contributed by atoms with Crippen molar-refractivity contribution in [2.45, 2.75) is 64.5 Å². The summed E-state index contributed by atoms with van der Waals surface area (Å²) in [7, 11) is 0. The maximum Gasteiger partial charge on any atom is 0.225 e. The lowest BCUT2D eigenvalue weighted by Gasteiger charge is -2.47. The lowest BCUT2D eigenvalue weighted by molar-refractivity contribution is -0.140. The number of hydrogen-bond acceptors (Lipinski definition) is 4. The fraction of sp³-hybridized carbons (Fsp3) is 0.824. The highest BCUT2D eigenvalue weighted by molar-refractivity contribution is 5.78. The first-order valence-electron chi connectivity index (χ1n) is 8.49. The van der Waals surface area contributed by atoms with Crippen molar-refractivity contribution in [3.8, 4) is 0 Å². The average Bonchev–Trinajstić information content (AvgIpc) is 2.48. The molecule has 0 aromatic carbocycles. The Kier molecular flexibility index (Phi) is 7.36. The standard InChI is InChI=1S/C17H33N3O2/c1-5-6-11-20(16(22)12-15(21)13(2)3)17(14(4)18)7-9-19-10-8-17/h13,15,19,21H,4-12,18H2,1-3H3/t15-/m1/s1. The van der Waals surface area contributed by atoms with Gasteiger partial charge in [0.05, 0.1) is 18.1 Å². The third kappa shape index (κ3) is 4.46. The van der Waals surface area contributed by atoms with E-state index in [0.29, 0.717) is 12.2 Å². The van der Waals surface area contributed by atoms with Crippen LogP contribution in [0.25, 0.3) is 0 Å². The molecule has 0 unspecified atom stereocenters. The smallest absolute Gasteiger partial charge is 0.225 e. The van der Waals surface area contributed by atoms with Gasteiger partial charge in [-0.15, -0.1) is 0 Å². The molecule has 128 valence electrons. The Hall–Kier alpha value is -1.07. The van der Waals surface area contributed by atoms with Crippen LogP contribution in [0.4, 0.5) is 0 Å². The van der Waals surface area contributed by atoms with Crippen molar-refractivity contribution in [1.29, 1.82) is 0 Å². The van der Waals surface area contributed by atoms with Crippen LogP contribution in [-0.4, -0.2) is 47.2 Å². The van der Waals surface area contributed by atoms with Gasteiger partial charge in [-0.05, 0) is 38.3 Å². The van der Waals surface area contributed by atoms with E-state index in [2.05, 4.69) is 18.8 Å². The highest BCUT2D eigenvalue weighted by Crippen LogP contribution is 2.32. The molecule has 1 fully saturated rings. The second kappa shape index (κ2) is 8.53. The predicted octanol–water partition coefficient (Wildman–Crippen LogP) is 1.62. The van der Waals surface area contributed by atoms with Crippen molar-refractivity contribution in [3.05, 3.63) is 12.3 Å². The number of aliphatic hydroxyl groups is 1. The minimum atomic E-state index is -0.610. The Morgan fingerprint density at radius 1 is 1.41 bits per heavy atom. The van der Waals surface area contributed by atoms with Crippen LogP contribution in [-0.2, 0) is 4.79 Å². The molecule has 1 heterocycles. The van der Waals surface area contributed by atoms with E-state index in [1.54, 1.807) is 0 Å². The Morgan fingerprint density at radius 3 is 2.45 bits per heavy atom. The first kappa shape index (κ1) is 19.0. The molecule has 0 aromatic heterocycles. The van der Waals surface area contributed by atoms with Crippen molar-refractivity contribution in [1.82, 2.24) is 10.2 Å². The van der Waals surface area contributed by atoms with Gasteiger partial charge in [0, 0.05) is 12.2 Å². The lowest BCUT2D eigenvalue weighted by Crippen LogP contribution is -2.59. The summed E-state index contributed by atoms with van der Waals surface area (Å²) in [4.78, 5) is 14.7. The van der Waals surface area contributed by atoms with Gasteiger partial charge in [0.1, 0.15) is 0 Å². The molecular weight excluding hydrogens is 278 g/mol. The number of hydrogen-bond donors (Lipinski definition) is 3. The number of unbranched alkanes of at least 4 members (excludes halogenated alkanes) is 1. The zero-order chi connectivity index (χ0) is 16.8. The molecule has 0 aromatic rings. The van der Waals surface area contributed by atoms with Crippen molar-refractivity contribution >= 4 is 5.91 Å². The molecule has 0 aliphatic carbocycles. The average molecular weight is 311 g/mol. The van der Waals surface area contributed by atoms with Crippen LogP contribution in [0.1, 0.15) is 52.9 Å². The van der Waals surface area contributed by atoms with E-state index in [1.165, 1.54) is 0 Å². The van der Waals surface area contributed by atoms with E-state index in [-0.39, 0.29) is 18.2 Å². The van der Waals surface area contributed by atoms with Crippen LogP contribution in [0, 0.1) is 5.92 Å². The molecule has 22 heavy (non-hydrogen) atoms. The van der Waals surface area contributed by atoms with Crippen LogP contribution in [0.3, 0.4) is 0 Å². The second-order valence-corrected chi connectivity index (χ2v) is 6.72. The summed E-state index contributed by atoms with van der Waals surface area (Å²) in [6.45, 7) is 12.3. The van der Waals surface area contributed by atoms with E-state index < -0.39 is 11.6 Å². The molecule has 0 spiro atoms. The quantitative estimate of drug-likeness (QED) is 0.636. The maximum absolute atomic E-state index is 12.8. The van der Waals surface area contributed by atoms with Gasteiger partial charge in [-0.2, -0.15) is 0 Å². The number of piperidine rings is 1. The summed E-state index contributed by atoms with van der Waals surface area (Å²) in [6, 6.07) is 0. The summed E-state index contributed by atoms with van der Waals surface area (Å²) in [5, 5.41) is 13.4. The Morgan fingerprint density at radius 2 is 2.00 bits per heavy atom. The normalized spacial score (nSPS) is 19.0. The number of amides is 1. The van der Waals surface area contributed by atoms with Gasteiger partial charge in [0.25, 0.3) is 0 Å². The van der Waals surface area contributed by atoms with E-state index in [4.69, 9.17) is 5.73 Å². The molecule has 1 amide bonds. The molecule has 1 aliphatic rings. The summed E-state index contributed by atoms with van der Waals surface area (Å²) < 4.78 is 0. The third-order valence-electron chi connectivity index (χ3n) is 4.73. The van der Waals surface area contributed by atoms with Gasteiger partial charge in [-0.1, -0.05) is 33.8 Å². The summed E-state index contributed by atoms with van der Waals surface area (Å²) in [5.41, 5.74) is 6.23. The van der Waals surface area contributed by atoms with Gasteiger partial charge in [-0.3, -0.25) is 4.79 Å². The number of nitrogens with one attached hydrogen (secondary N) is 1. The number of aliphatic hydroxyl groups excluding tert-OH is 1. The number of rotatable bonds is 8. The molecule has 1 rings (SSSR count). The molecule has 5 heteroatoms. The minimum absolute atomic E-state index is 0.0110. The molecule has 0 radical (unpaired) electrons. The van der Waals surface area contributed by atoms with E-state index in [1.807, 2.05) is 18.7 Å². The SMILES string of the molecule is C=C(N)C1(N(CCCC)C(=O)C[C@@H](O)C(C)C)CCNCC1. The first-order chi connectivity index (χ1) is 10.3. The van der Waals surface area contributed by atoms with Gasteiger partial charge in [0.2, 0.25) is 5.91 Å². The van der Waals surface area contributed by atoms with Gasteiger partial charge in [0.15, 0.2) is 0 Å². The molecule has 1 saturated heterocycles. The van der Waals surface area contributed by atoms with Crippen LogP contribution in [0.5, 0.6) is 0 Å². The predicted molar refractivity (Wildman–Crippen MR) is 90.2 cm³/mol. The molecule has 1 atom stereocenters. The Balaban J connectivity index is 2.98. The van der Waals surface area contributed by atoms with Gasteiger partial charge < -0.3 is 21.1 Å². The molecule has 0 saturated carbocycles. The molecule has 1 aliphatic heterocycles. The van der Waals surface area contributed by atoms with Gasteiger partial charge >= 0.3 is 0 Å². The fourth-order valence-corrected chi connectivity index (χ4v) is 3.02. The third-order valence-corrected chi connectivity index (χ3v) is 4.73. The Labute approximate surface area is 134 Å². The van der Waals surface area contributed by atoms with E-state index >= 15 is 0 Å². The van der Waals surface area contributed by atoms with Crippen LogP contribution >= 0.6 is 0 Å². The molecule has 0 bridgehead atoms. The molecule has 4 N–H and O–H groups in total. The second-order valence-electron chi connectivity index (χ2n) is 6.72. The van der Waals surface area contributed by atoms with Gasteiger partial charge in [-0.25, -0.2) is 0 Å². The number of nitrogens with zero attached hydrogens (tertiary/aromatic N) is 1. The summed E-state index contributed by atoms with van der Waals surface area (Å²) in [6.07, 6.45) is 3.07. The molecular formula is C17H33N3O2. The van der Waals surface area contributed by atoms with Crippen molar-refractivity contribution in [2.24, 2.45) is 11.7 Å². The number of nitrogens with two attached hydrogens (primary N) is 1. The van der Waals surface area contributed by atoms with Crippen LogP contribution in [0.15, 0.2) is 12.3 Å². The van der Waals surface area contributed by atoms with Crippen LogP contribution in [0.2, 0.25) is 0 Å². The van der Waals surface area contributed by atoms with Crippen molar-refractivity contribution in [2.75, 3.05) is 19.6 Å². The van der Waals surface area contributed by atoms with E-state index in [9.17, 15) is 9.90 Å². The zero-order valence-electron chi connectivity index (χ0n) is 14.4. The molecule has 5 nitrogen and oxygen atoms in total. The van der Waals surface area contributed by atoms with Crippen molar-refractivity contribution < 1.29 is 9.90 Å². The number of carbonyl (C=O) groups excluding carboxylic acids is 1. The fourth-order valence-electron chi connectivity index (χ4n) is 3.02. The topological polar surface area (TPSA) is 78.6 Å². The minimum Gasteiger partial charge on any atom is -0.401 e. The number of carbonyl (C=O) groups is 1. The largest absolute Gasteiger partial charge is 0.401 e. The zero-order valence-corrected chi connectivity index (χ0v) is 14.4. The van der Waals surface area contributed by atoms with E-state index in [0.717, 1.165) is 38.8 Å². The monoisotopic (exact) mass is 311 g/mol. The van der Waals surface area contributed by atoms with Crippen molar-refractivity contribution in [3.63, 3.8) is 0 Å². The first-order valence-corrected chi connectivity index (χ1v) is 8.49. The summed E-state index contributed by atoms with van der Waals surface area (Å²) in [5.74, 6) is 0.0603. The summed E-state index contributed by atoms with van der Waals surface area (Å²) >= 11 is 0. The highest BCUT2D eigenvalue weighted by Gasteiger charge is 2.42. The highest BCUT2D eigenvalue weighted by atomic mass is 16.3. The van der Waals surface area contributed by atoms with Crippen LogP contribution < -0.4 is 11.1 Å². The maximum atomic E-state index is 12.8.